The predicted octanol–water partition coefficient (Wildman–Crippen LogP) is 2.37. The van der Waals surface area contributed by atoms with Gasteiger partial charge in [-0.25, -0.2) is 0 Å². The van der Waals surface area contributed by atoms with Crippen LogP contribution >= 0.6 is 11.6 Å². The molecule has 1 aliphatic rings. The first-order chi connectivity index (χ1) is 11.6. The van der Waals surface area contributed by atoms with Crippen molar-refractivity contribution in [1.82, 2.24) is 0 Å². The minimum Gasteiger partial charge on any atom is -0.486 e. The molecule has 0 saturated heterocycles. The van der Waals surface area contributed by atoms with E-state index in [0.29, 0.717) is 42.0 Å². The fourth-order valence-electron chi connectivity index (χ4n) is 2.52. The molecule has 3 rings (SSSR count). The van der Waals surface area contributed by atoms with Gasteiger partial charge in [0.2, 0.25) is 0 Å². The van der Waals surface area contributed by atoms with Crippen LogP contribution in [-0.2, 0) is 4.79 Å². The highest BCUT2D eigenvalue weighted by Gasteiger charge is 2.14. The summed E-state index contributed by atoms with van der Waals surface area (Å²) in [5, 5.41) is 5.57. The number of nitrogens with two attached hydrogens (primary N) is 1. The second-order valence-electron chi connectivity index (χ2n) is 5.69. The van der Waals surface area contributed by atoms with Crippen LogP contribution in [0.1, 0.15) is 18.5 Å². The second kappa shape index (κ2) is 7.55. The van der Waals surface area contributed by atoms with Gasteiger partial charge in [0, 0.05) is 22.3 Å². The van der Waals surface area contributed by atoms with Gasteiger partial charge in [0.25, 0.3) is 5.91 Å². The van der Waals surface area contributed by atoms with Gasteiger partial charge in [-0.15, -0.1) is 0 Å². The molecule has 2 aromatic rings. The number of hydrogen-bond acceptors (Lipinski definition) is 3. The van der Waals surface area contributed by atoms with Crippen LogP contribution in [-0.4, -0.2) is 25.7 Å². The third-order valence-electron chi connectivity index (χ3n) is 3.88. The van der Waals surface area contributed by atoms with Crippen molar-refractivity contribution in [3.05, 3.63) is 53.1 Å². The number of carbonyl (C=O) groups is 1. The van der Waals surface area contributed by atoms with Gasteiger partial charge in [0.1, 0.15) is 19.3 Å². The lowest BCUT2D eigenvalue weighted by Crippen LogP contribution is -2.86. The molecule has 1 heterocycles. The van der Waals surface area contributed by atoms with Crippen molar-refractivity contribution in [3.8, 4) is 11.5 Å². The Hall–Kier alpha value is -2.24. The summed E-state index contributed by atoms with van der Waals surface area (Å²) in [6, 6.07) is 13.2. The SMILES string of the molecule is C[C@@H]([NH2+]CC(=O)Nc1ccc2c(c1)OCCO2)c1ccc(Cl)cc1. The number of benzene rings is 2. The maximum Gasteiger partial charge on any atom is 0.279 e. The maximum atomic E-state index is 12.1. The van der Waals surface area contributed by atoms with Gasteiger partial charge in [-0.05, 0) is 31.2 Å². The number of nitrogens with one attached hydrogen (secondary N) is 1. The molecule has 0 fully saturated rings. The molecule has 6 heteroatoms. The average molecular weight is 348 g/mol. The molecule has 0 unspecified atom stereocenters. The van der Waals surface area contributed by atoms with E-state index in [0.717, 1.165) is 5.56 Å². The minimum atomic E-state index is -0.0625. The Morgan fingerprint density at radius 1 is 1.17 bits per heavy atom. The summed E-state index contributed by atoms with van der Waals surface area (Å²) in [6.45, 7) is 3.46. The molecule has 1 aliphatic heterocycles. The van der Waals surface area contributed by atoms with E-state index >= 15 is 0 Å². The van der Waals surface area contributed by atoms with Gasteiger partial charge in [-0.1, -0.05) is 23.7 Å². The molecule has 3 N–H and O–H groups in total. The van der Waals surface area contributed by atoms with E-state index in [4.69, 9.17) is 21.1 Å². The summed E-state index contributed by atoms with van der Waals surface area (Å²) in [5.74, 6) is 1.31. The molecule has 0 aliphatic carbocycles. The highest BCUT2D eigenvalue weighted by atomic mass is 35.5. The normalized spacial score (nSPS) is 14.1. The summed E-state index contributed by atoms with van der Waals surface area (Å²) in [6.07, 6.45) is 0. The number of anilines is 1. The highest BCUT2D eigenvalue weighted by Crippen LogP contribution is 2.32. The Morgan fingerprint density at radius 3 is 2.62 bits per heavy atom. The number of carbonyl (C=O) groups excluding carboxylic acids is 1. The number of hydrogen-bond donors (Lipinski definition) is 2. The molecule has 0 spiro atoms. The third-order valence-corrected chi connectivity index (χ3v) is 4.13. The van der Waals surface area contributed by atoms with Crippen LogP contribution in [0.3, 0.4) is 0 Å². The van der Waals surface area contributed by atoms with Crippen molar-refractivity contribution in [2.75, 3.05) is 25.1 Å². The van der Waals surface area contributed by atoms with Crippen molar-refractivity contribution in [2.24, 2.45) is 0 Å². The van der Waals surface area contributed by atoms with E-state index in [1.807, 2.05) is 41.7 Å². The molecular weight excluding hydrogens is 328 g/mol. The third kappa shape index (κ3) is 4.19. The van der Waals surface area contributed by atoms with Crippen LogP contribution in [0.25, 0.3) is 0 Å². The smallest absolute Gasteiger partial charge is 0.279 e. The standard InChI is InChI=1S/C18H19ClN2O3/c1-12(13-2-4-14(19)5-3-13)20-11-18(22)21-15-6-7-16-17(10-15)24-9-8-23-16/h2-7,10,12,20H,8-9,11H2,1H3,(H,21,22)/p+1/t12-/m1/s1. The van der Waals surface area contributed by atoms with Crippen LogP contribution in [0, 0.1) is 0 Å². The summed E-state index contributed by atoms with van der Waals surface area (Å²) in [4.78, 5) is 12.1. The van der Waals surface area contributed by atoms with Crippen molar-refractivity contribution < 1.29 is 19.6 Å². The molecule has 5 nitrogen and oxygen atoms in total. The van der Waals surface area contributed by atoms with Gasteiger partial charge in [-0.3, -0.25) is 4.79 Å². The summed E-state index contributed by atoms with van der Waals surface area (Å²) < 4.78 is 11.0. The van der Waals surface area contributed by atoms with Crippen molar-refractivity contribution in [3.63, 3.8) is 0 Å². The quantitative estimate of drug-likeness (QED) is 0.872. The van der Waals surface area contributed by atoms with Crippen LogP contribution in [0.15, 0.2) is 42.5 Å². The lowest BCUT2D eigenvalue weighted by molar-refractivity contribution is -0.682. The summed E-state index contributed by atoms with van der Waals surface area (Å²) in [7, 11) is 0. The number of quaternary nitrogens is 1. The fraction of sp³-hybridized carbons (Fsp3) is 0.278. The van der Waals surface area contributed by atoms with Crippen molar-refractivity contribution >= 4 is 23.2 Å². The Morgan fingerprint density at radius 2 is 1.88 bits per heavy atom. The van der Waals surface area contributed by atoms with E-state index in [2.05, 4.69) is 12.2 Å². The minimum absolute atomic E-state index is 0.0625. The molecule has 2 aromatic carbocycles. The molecule has 126 valence electrons. The van der Waals surface area contributed by atoms with E-state index in [-0.39, 0.29) is 11.9 Å². The zero-order chi connectivity index (χ0) is 16.9. The molecule has 1 amide bonds. The van der Waals surface area contributed by atoms with Gasteiger partial charge in [0.15, 0.2) is 18.0 Å². The monoisotopic (exact) mass is 347 g/mol. The zero-order valence-electron chi connectivity index (χ0n) is 13.4. The second-order valence-corrected chi connectivity index (χ2v) is 6.12. The fourth-order valence-corrected chi connectivity index (χ4v) is 2.65. The van der Waals surface area contributed by atoms with Crippen LogP contribution in [0.2, 0.25) is 5.02 Å². The first-order valence-electron chi connectivity index (χ1n) is 7.90. The molecule has 0 bridgehead atoms. The van der Waals surface area contributed by atoms with Crippen molar-refractivity contribution in [2.45, 2.75) is 13.0 Å². The largest absolute Gasteiger partial charge is 0.486 e. The topological polar surface area (TPSA) is 64.2 Å². The Bertz CT molecular complexity index is 719. The molecule has 1 atom stereocenters. The van der Waals surface area contributed by atoms with E-state index in [1.54, 1.807) is 6.07 Å². The lowest BCUT2D eigenvalue weighted by Gasteiger charge is -2.19. The number of fused-ring (bicyclic) bond motifs is 1. The number of halogens is 1. The number of ether oxygens (including phenoxy) is 2. The predicted molar refractivity (Wildman–Crippen MR) is 92.7 cm³/mol. The number of rotatable bonds is 5. The van der Waals surface area contributed by atoms with Crippen molar-refractivity contribution in [1.29, 1.82) is 0 Å². The molecular formula is C18H20ClN2O3+. The van der Waals surface area contributed by atoms with Crippen LogP contribution < -0.4 is 20.1 Å². The average Bonchev–Trinajstić information content (AvgIpc) is 2.60. The van der Waals surface area contributed by atoms with Gasteiger partial charge in [0.05, 0.1) is 0 Å². The van der Waals surface area contributed by atoms with Gasteiger partial charge in [-0.2, -0.15) is 0 Å². The van der Waals surface area contributed by atoms with Crippen LogP contribution in [0.5, 0.6) is 11.5 Å². The maximum absolute atomic E-state index is 12.1. The Kier molecular flexibility index (Phi) is 5.23. The summed E-state index contributed by atoms with van der Waals surface area (Å²) >= 11 is 5.89. The van der Waals surface area contributed by atoms with Gasteiger partial charge >= 0.3 is 0 Å². The van der Waals surface area contributed by atoms with E-state index in [9.17, 15) is 4.79 Å². The summed E-state index contributed by atoms with van der Waals surface area (Å²) in [5.41, 5.74) is 1.84. The highest BCUT2D eigenvalue weighted by molar-refractivity contribution is 6.30. The zero-order valence-corrected chi connectivity index (χ0v) is 14.2. The number of amides is 1. The first-order valence-corrected chi connectivity index (χ1v) is 8.28. The van der Waals surface area contributed by atoms with Gasteiger partial charge < -0.3 is 20.1 Å². The van der Waals surface area contributed by atoms with Crippen LogP contribution in [0.4, 0.5) is 5.69 Å². The molecule has 0 radical (unpaired) electrons. The van der Waals surface area contributed by atoms with E-state index in [1.165, 1.54) is 0 Å². The lowest BCUT2D eigenvalue weighted by atomic mass is 10.1. The Labute approximate surface area is 145 Å². The molecule has 0 saturated carbocycles. The first kappa shape index (κ1) is 16.6. The molecule has 0 aromatic heterocycles. The molecule has 24 heavy (non-hydrogen) atoms. The van der Waals surface area contributed by atoms with E-state index < -0.39 is 0 Å². The Balaban J connectivity index is 1.53.